The van der Waals surface area contributed by atoms with Crippen molar-refractivity contribution in [1.29, 1.82) is 0 Å². The van der Waals surface area contributed by atoms with Crippen LogP contribution >= 0.6 is 23.2 Å². The number of aromatic nitrogens is 2. The number of carbonyl (C=O) groups excluding carboxylic acids is 1. The van der Waals surface area contributed by atoms with Gasteiger partial charge in [0.25, 0.3) is 5.91 Å². The number of amides is 1. The fraction of sp³-hybridized carbons (Fsp3) is 0. The fourth-order valence-corrected chi connectivity index (χ4v) is 1.49. The second-order valence-electron chi connectivity index (χ2n) is 3.32. The molecule has 4 nitrogen and oxygen atoms in total. The molecule has 0 aliphatic heterocycles. The van der Waals surface area contributed by atoms with Crippen LogP contribution in [0, 0.1) is 5.82 Å². The molecule has 0 aliphatic rings. The number of rotatable bonds is 2. The van der Waals surface area contributed by atoms with Crippen molar-refractivity contribution < 1.29 is 9.18 Å². The Morgan fingerprint density at radius 3 is 2.61 bits per heavy atom. The lowest BCUT2D eigenvalue weighted by molar-refractivity contribution is 0.102. The average Bonchev–Trinajstić information content (AvgIpc) is 2.34. The van der Waals surface area contributed by atoms with Crippen molar-refractivity contribution in [2.75, 3.05) is 5.32 Å². The molecule has 1 amide bonds. The van der Waals surface area contributed by atoms with Gasteiger partial charge in [0, 0.05) is 5.02 Å². The monoisotopic (exact) mass is 285 g/mol. The highest BCUT2D eigenvalue weighted by Gasteiger charge is 2.11. The maximum absolute atomic E-state index is 13.4. The van der Waals surface area contributed by atoms with Gasteiger partial charge in [-0.1, -0.05) is 23.2 Å². The Morgan fingerprint density at radius 1 is 1.17 bits per heavy atom. The first-order valence-corrected chi connectivity index (χ1v) is 5.57. The molecule has 0 unspecified atom stereocenters. The molecule has 0 fully saturated rings. The van der Waals surface area contributed by atoms with E-state index in [-0.39, 0.29) is 16.5 Å². The van der Waals surface area contributed by atoms with Gasteiger partial charge in [-0.2, -0.15) is 0 Å². The predicted molar refractivity (Wildman–Crippen MR) is 66.4 cm³/mol. The SMILES string of the molecule is O=C(Nc1cc(Cl)ccc1F)c1ccc(Cl)nn1. The Morgan fingerprint density at radius 2 is 1.94 bits per heavy atom. The van der Waals surface area contributed by atoms with Crippen LogP contribution in [0.25, 0.3) is 0 Å². The molecule has 2 rings (SSSR count). The smallest absolute Gasteiger partial charge is 0.276 e. The Balaban J connectivity index is 2.21. The van der Waals surface area contributed by atoms with E-state index in [4.69, 9.17) is 23.2 Å². The predicted octanol–water partition coefficient (Wildman–Crippen LogP) is 3.17. The number of anilines is 1. The third-order valence-electron chi connectivity index (χ3n) is 2.04. The summed E-state index contributed by atoms with van der Waals surface area (Å²) >= 11 is 11.2. The molecule has 18 heavy (non-hydrogen) atoms. The minimum absolute atomic E-state index is 0.0238. The molecule has 0 saturated heterocycles. The Labute approximate surface area is 112 Å². The summed E-state index contributed by atoms with van der Waals surface area (Å²) < 4.78 is 13.4. The lowest BCUT2D eigenvalue weighted by Gasteiger charge is -2.05. The van der Waals surface area contributed by atoms with Crippen LogP contribution < -0.4 is 5.32 Å². The van der Waals surface area contributed by atoms with Crippen LogP contribution in [0.2, 0.25) is 10.2 Å². The van der Waals surface area contributed by atoms with Gasteiger partial charge >= 0.3 is 0 Å². The van der Waals surface area contributed by atoms with Gasteiger partial charge in [-0.05, 0) is 30.3 Å². The molecule has 0 bridgehead atoms. The highest BCUT2D eigenvalue weighted by atomic mass is 35.5. The maximum Gasteiger partial charge on any atom is 0.276 e. The summed E-state index contributed by atoms with van der Waals surface area (Å²) in [5.74, 6) is -1.19. The molecule has 7 heteroatoms. The standard InChI is InChI=1S/C11H6Cl2FN3O/c12-6-1-2-7(14)9(5-6)15-11(18)8-3-4-10(13)17-16-8/h1-5H,(H,15,18). The van der Waals surface area contributed by atoms with Crippen LogP contribution in [-0.4, -0.2) is 16.1 Å². The summed E-state index contributed by atoms with van der Waals surface area (Å²) in [7, 11) is 0. The number of nitrogens with zero attached hydrogens (tertiary/aromatic N) is 2. The molecule has 1 N–H and O–H groups in total. The second-order valence-corrected chi connectivity index (χ2v) is 4.14. The number of hydrogen-bond donors (Lipinski definition) is 1. The number of hydrogen-bond acceptors (Lipinski definition) is 3. The Hall–Kier alpha value is -1.72. The molecule has 0 aliphatic carbocycles. The van der Waals surface area contributed by atoms with E-state index in [2.05, 4.69) is 15.5 Å². The van der Waals surface area contributed by atoms with Gasteiger partial charge < -0.3 is 5.32 Å². The van der Waals surface area contributed by atoms with Crippen LogP contribution in [-0.2, 0) is 0 Å². The van der Waals surface area contributed by atoms with E-state index < -0.39 is 11.7 Å². The molecule has 2 aromatic rings. The van der Waals surface area contributed by atoms with E-state index >= 15 is 0 Å². The van der Waals surface area contributed by atoms with E-state index in [0.29, 0.717) is 5.02 Å². The fourth-order valence-electron chi connectivity index (χ4n) is 1.22. The summed E-state index contributed by atoms with van der Waals surface area (Å²) in [6.07, 6.45) is 0. The van der Waals surface area contributed by atoms with Crippen LogP contribution in [0.1, 0.15) is 10.5 Å². The van der Waals surface area contributed by atoms with Crippen LogP contribution in [0.4, 0.5) is 10.1 Å². The lowest BCUT2D eigenvalue weighted by Crippen LogP contribution is -2.15. The van der Waals surface area contributed by atoms with Crippen molar-refractivity contribution >= 4 is 34.8 Å². The minimum Gasteiger partial charge on any atom is -0.318 e. The van der Waals surface area contributed by atoms with E-state index in [1.807, 2.05) is 0 Å². The molecule has 92 valence electrons. The van der Waals surface area contributed by atoms with E-state index in [9.17, 15) is 9.18 Å². The first-order chi connectivity index (χ1) is 8.56. The summed E-state index contributed by atoms with van der Waals surface area (Å²) in [4.78, 5) is 11.7. The number of carbonyl (C=O) groups is 1. The summed E-state index contributed by atoms with van der Waals surface area (Å²) in [6.45, 7) is 0. The normalized spacial score (nSPS) is 10.2. The van der Waals surface area contributed by atoms with Crippen LogP contribution in [0.15, 0.2) is 30.3 Å². The highest BCUT2D eigenvalue weighted by Crippen LogP contribution is 2.20. The molecule has 0 atom stereocenters. The first kappa shape index (κ1) is 12.7. The minimum atomic E-state index is -0.597. The van der Waals surface area contributed by atoms with Gasteiger partial charge in [0.1, 0.15) is 5.82 Å². The zero-order valence-electron chi connectivity index (χ0n) is 8.82. The molecule has 1 aromatic heterocycles. The number of nitrogens with one attached hydrogen (secondary N) is 1. The van der Waals surface area contributed by atoms with Crippen molar-refractivity contribution in [3.63, 3.8) is 0 Å². The second kappa shape index (κ2) is 5.29. The van der Waals surface area contributed by atoms with Gasteiger partial charge in [-0.15, -0.1) is 10.2 Å². The first-order valence-electron chi connectivity index (χ1n) is 4.82. The third kappa shape index (κ3) is 2.94. The molecule has 1 heterocycles. The van der Waals surface area contributed by atoms with Crippen molar-refractivity contribution in [1.82, 2.24) is 10.2 Å². The Kier molecular flexibility index (Phi) is 3.74. The average molecular weight is 286 g/mol. The lowest BCUT2D eigenvalue weighted by atomic mass is 10.3. The summed E-state index contributed by atoms with van der Waals surface area (Å²) in [6, 6.07) is 6.64. The van der Waals surface area contributed by atoms with Gasteiger partial charge in [-0.3, -0.25) is 4.79 Å². The Bertz CT molecular complexity index is 589. The van der Waals surface area contributed by atoms with Gasteiger partial charge in [0.2, 0.25) is 0 Å². The van der Waals surface area contributed by atoms with Crippen molar-refractivity contribution in [2.24, 2.45) is 0 Å². The summed E-state index contributed by atoms with van der Waals surface area (Å²) in [5, 5.41) is 9.92. The number of halogens is 3. The molecule has 0 saturated carbocycles. The van der Waals surface area contributed by atoms with Gasteiger partial charge in [-0.25, -0.2) is 4.39 Å². The summed E-state index contributed by atoms with van der Waals surface area (Å²) in [5.41, 5.74) is 0.00280. The van der Waals surface area contributed by atoms with Crippen molar-refractivity contribution in [3.05, 3.63) is 52.0 Å². The van der Waals surface area contributed by atoms with Crippen molar-refractivity contribution in [3.8, 4) is 0 Å². The van der Waals surface area contributed by atoms with E-state index in [0.717, 1.165) is 6.07 Å². The molecule has 1 aromatic carbocycles. The van der Waals surface area contributed by atoms with Gasteiger partial charge in [0.05, 0.1) is 5.69 Å². The van der Waals surface area contributed by atoms with Crippen LogP contribution in [0.5, 0.6) is 0 Å². The quantitative estimate of drug-likeness (QED) is 0.922. The zero-order chi connectivity index (χ0) is 13.1. The van der Waals surface area contributed by atoms with Crippen LogP contribution in [0.3, 0.4) is 0 Å². The zero-order valence-corrected chi connectivity index (χ0v) is 10.3. The molecular weight excluding hydrogens is 280 g/mol. The molecule has 0 spiro atoms. The highest BCUT2D eigenvalue weighted by molar-refractivity contribution is 6.31. The maximum atomic E-state index is 13.4. The molecular formula is C11H6Cl2FN3O. The van der Waals surface area contributed by atoms with E-state index in [1.165, 1.54) is 24.3 Å². The van der Waals surface area contributed by atoms with E-state index in [1.54, 1.807) is 0 Å². The van der Waals surface area contributed by atoms with Gasteiger partial charge in [0.15, 0.2) is 10.8 Å². The van der Waals surface area contributed by atoms with Crippen molar-refractivity contribution in [2.45, 2.75) is 0 Å². The molecule has 0 radical (unpaired) electrons. The third-order valence-corrected chi connectivity index (χ3v) is 2.48. The number of benzene rings is 1. The largest absolute Gasteiger partial charge is 0.318 e. The topological polar surface area (TPSA) is 54.9 Å².